The van der Waals surface area contributed by atoms with E-state index in [9.17, 15) is 10.1 Å². The minimum Gasteiger partial charge on any atom is -0.493 e. The van der Waals surface area contributed by atoms with Gasteiger partial charge in [-0.2, -0.15) is 5.26 Å². The van der Waals surface area contributed by atoms with Gasteiger partial charge in [0.2, 0.25) is 0 Å². The van der Waals surface area contributed by atoms with Crippen LogP contribution in [0.15, 0.2) is 23.2 Å². The van der Waals surface area contributed by atoms with Gasteiger partial charge in [-0.25, -0.2) is 9.79 Å². The summed E-state index contributed by atoms with van der Waals surface area (Å²) in [4.78, 5) is 17.4. The van der Waals surface area contributed by atoms with Crippen LogP contribution in [0.5, 0.6) is 11.5 Å². The van der Waals surface area contributed by atoms with Crippen LogP contribution < -0.4 is 9.47 Å². The first-order valence-corrected chi connectivity index (χ1v) is 10.0. The Morgan fingerprint density at radius 1 is 1.32 bits per heavy atom. The van der Waals surface area contributed by atoms with E-state index >= 15 is 0 Å². The van der Waals surface area contributed by atoms with Crippen LogP contribution in [0.25, 0.3) is 0 Å². The van der Waals surface area contributed by atoms with Crippen LogP contribution in [-0.4, -0.2) is 32.5 Å². The number of nitrogens with zero attached hydrogens (tertiary/aromatic N) is 2. The summed E-state index contributed by atoms with van der Waals surface area (Å²) in [5.74, 6) is 0.516. The van der Waals surface area contributed by atoms with Gasteiger partial charge in [-0.1, -0.05) is 0 Å². The van der Waals surface area contributed by atoms with Gasteiger partial charge in [0.15, 0.2) is 18.1 Å². The van der Waals surface area contributed by atoms with E-state index in [1.807, 2.05) is 6.07 Å². The number of carbonyl (C=O) groups is 1. The zero-order valence-electron chi connectivity index (χ0n) is 16.0. The van der Waals surface area contributed by atoms with Crippen LogP contribution in [0.3, 0.4) is 0 Å². The zero-order chi connectivity index (χ0) is 19.9. The highest BCUT2D eigenvalue weighted by Gasteiger charge is 2.20. The number of ether oxygens (including phenoxy) is 3. The monoisotopic (exact) mass is 398 g/mol. The van der Waals surface area contributed by atoms with Crippen molar-refractivity contribution in [3.63, 3.8) is 0 Å². The maximum atomic E-state index is 11.5. The van der Waals surface area contributed by atoms with Crippen LogP contribution >= 0.6 is 11.3 Å². The Hall–Kier alpha value is -2.85. The van der Waals surface area contributed by atoms with E-state index in [1.165, 1.54) is 24.0 Å². The molecule has 6 nitrogen and oxygen atoms in total. The minimum atomic E-state index is -0.438. The number of fused-ring (bicyclic) bond motifs is 1. The topological polar surface area (TPSA) is 80.9 Å². The van der Waals surface area contributed by atoms with Crippen molar-refractivity contribution in [2.24, 2.45) is 4.99 Å². The molecule has 0 saturated heterocycles. The Bertz CT molecular complexity index is 927. The Morgan fingerprint density at radius 3 is 2.89 bits per heavy atom. The van der Waals surface area contributed by atoms with Crippen LogP contribution in [0.4, 0.5) is 5.00 Å². The average Bonchev–Trinajstić information content (AvgIpc) is 3.08. The fraction of sp³-hybridized carbons (Fsp3) is 0.381. The second-order valence-electron chi connectivity index (χ2n) is 6.27. The standard InChI is InChI=1S/C21H22N2O4S/c1-3-26-20(24)13-27-18-10-14(8-9-17(18)25-2)12-23-21-16(11-22)15-6-4-5-7-19(15)28-21/h8-10,12H,3-7,13H2,1-2H3. The summed E-state index contributed by atoms with van der Waals surface area (Å²) >= 11 is 1.60. The molecule has 0 aliphatic heterocycles. The summed E-state index contributed by atoms with van der Waals surface area (Å²) < 4.78 is 15.7. The molecule has 0 N–H and O–H groups in total. The van der Waals surface area contributed by atoms with Crippen LogP contribution in [0.1, 0.15) is 41.3 Å². The molecule has 1 aliphatic carbocycles. The predicted molar refractivity (Wildman–Crippen MR) is 108 cm³/mol. The Labute approximate surface area is 168 Å². The van der Waals surface area contributed by atoms with E-state index in [4.69, 9.17) is 14.2 Å². The average molecular weight is 398 g/mol. The van der Waals surface area contributed by atoms with Gasteiger partial charge in [0.1, 0.15) is 11.1 Å². The molecular formula is C21H22N2O4S. The molecule has 2 aromatic rings. The summed E-state index contributed by atoms with van der Waals surface area (Å²) in [6.07, 6.45) is 5.98. The molecule has 0 fully saturated rings. The molecule has 0 radical (unpaired) electrons. The summed E-state index contributed by atoms with van der Waals surface area (Å²) in [5.41, 5.74) is 2.65. The van der Waals surface area contributed by atoms with Gasteiger partial charge < -0.3 is 14.2 Å². The van der Waals surface area contributed by atoms with Crippen molar-refractivity contribution >= 4 is 28.5 Å². The van der Waals surface area contributed by atoms with Gasteiger partial charge in [-0.3, -0.25) is 0 Å². The van der Waals surface area contributed by atoms with Gasteiger partial charge in [0.05, 0.1) is 19.3 Å². The summed E-state index contributed by atoms with van der Waals surface area (Å²) in [5, 5.41) is 10.3. The van der Waals surface area contributed by atoms with Gasteiger partial charge in [-0.05, 0) is 61.9 Å². The first-order chi connectivity index (χ1) is 13.7. The van der Waals surface area contributed by atoms with E-state index in [0.29, 0.717) is 23.7 Å². The number of aliphatic imine (C=N–C) groups is 1. The van der Waals surface area contributed by atoms with E-state index in [2.05, 4.69) is 11.1 Å². The highest BCUT2D eigenvalue weighted by molar-refractivity contribution is 7.16. The number of hydrogen-bond donors (Lipinski definition) is 0. The molecule has 1 heterocycles. The Balaban J connectivity index is 1.81. The van der Waals surface area contributed by atoms with Gasteiger partial charge in [0, 0.05) is 11.1 Å². The summed E-state index contributed by atoms with van der Waals surface area (Å²) in [6, 6.07) is 7.67. The van der Waals surface area contributed by atoms with Gasteiger partial charge in [-0.15, -0.1) is 11.3 Å². The van der Waals surface area contributed by atoms with Crippen LogP contribution in [0.2, 0.25) is 0 Å². The lowest BCUT2D eigenvalue weighted by Crippen LogP contribution is -2.15. The number of thiophene rings is 1. The van der Waals surface area contributed by atoms with E-state index < -0.39 is 5.97 Å². The third-order valence-electron chi connectivity index (χ3n) is 4.43. The highest BCUT2D eigenvalue weighted by atomic mass is 32.1. The SMILES string of the molecule is CCOC(=O)COc1cc(C=Nc2sc3c(c2C#N)CCCC3)ccc1OC. The van der Waals surface area contributed by atoms with Crippen molar-refractivity contribution in [2.45, 2.75) is 32.6 Å². The highest BCUT2D eigenvalue weighted by Crippen LogP contribution is 2.39. The van der Waals surface area contributed by atoms with E-state index in [-0.39, 0.29) is 6.61 Å². The van der Waals surface area contributed by atoms with E-state index in [0.717, 1.165) is 29.8 Å². The normalized spacial score (nSPS) is 13.0. The maximum absolute atomic E-state index is 11.5. The molecule has 28 heavy (non-hydrogen) atoms. The lowest BCUT2D eigenvalue weighted by molar-refractivity contribution is -0.145. The van der Waals surface area contributed by atoms with Crippen molar-refractivity contribution in [1.29, 1.82) is 5.26 Å². The molecule has 3 rings (SSSR count). The molecule has 1 aromatic carbocycles. The first-order valence-electron chi connectivity index (χ1n) is 9.21. The van der Waals surface area contributed by atoms with Crippen molar-refractivity contribution in [3.05, 3.63) is 39.8 Å². The molecular weight excluding hydrogens is 376 g/mol. The van der Waals surface area contributed by atoms with Gasteiger partial charge in [0.25, 0.3) is 0 Å². The smallest absolute Gasteiger partial charge is 0.344 e. The number of hydrogen-bond acceptors (Lipinski definition) is 7. The third-order valence-corrected chi connectivity index (χ3v) is 5.63. The number of methoxy groups -OCH3 is 1. The number of esters is 1. The minimum absolute atomic E-state index is 0.193. The second-order valence-corrected chi connectivity index (χ2v) is 7.35. The number of carbonyl (C=O) groups excluding carboxylic acids is 1. The van der Waals surface area contributed by atoms with Crippen LogP contribution in [0, 0.1) is 11.3 Å². The van der Waals surface area contributed by atoms with Crippen molar-refractivity contribution in [2.75, 3.05) is 20.3 Å². The molecule has 1 aromatic heterocycles. The number of rotatable bonds is 7. The fourth-order valence-corrected chi connectivity index (χ4v) is 4.30. The summed E-state index contributed by atoms with van der Waals surface area (Å²) in [7, 11) is 1.54. The van der Waals surface area contributed by atoms with Gasteiger partial charge >= 0.3 is 5.97 Å². The zero-order valence-corrected chi connectivity index (χ0v) is 16.8. The molecule has 0 spiro atoms. The predicted octanol–water partition coefficient (Wildman–Crippen LogP) is 4.20. The molecule has 0 saturated carbocycles. The lowest BCUT2D eigenvalue weighted by Gasteiger charge is -2.10. The fourth-order valence-electron chi connectivity index (χ4n) is 3.12. The van der Waals surface area contributed by atoms with E-state index in [1.54, 1.807) is 36.6 Å². The maximum Gasteiger partial charge on any atom is 0.344 e. The van der Waals surface area contributed by atoms with Crippen LogP contribution in [-0.2, 0) is 22.4 Å². The molecule has 0 atom stereocenters. The molecule has 146 valence electrons. The second kappa shape index (κ2) is 9.38. The quantitative estimate of drug-likeness (QED) is 0.516. The van der Waals surface area contributed by atoms with Crippen molar-refractivity contribution in [1.82, 2.24) is 0 Å². The number of aryl methyl sites for hydroxylation is 1. The molecule has 0 unspecified atom stereocenters. The Morgan fingerprint density at radius 2 is 2.14 bits per heavy atom. The number of benzene rings is 1. The van der Waals surface area contributed by atoms with Crippen molar-refractivity contribution < 1.29 is 19.0 Å². The van der Waals surface area contributed by atoms with Crippen molar-refractivity contribution in [3.8, 4) is 17.6 Å². The first kappa shape index (κ1) is 19.9. The lowest BCUT2D eigenvalue weighted by atomic mass is 9.96. The largest absolute Gasteiger partial charge is 0.493 e. The number of nitriles is 1. The molecule has 0 amide bonds. The third kappa shape index (κ3) is 4.52. The summed E-state index contributed by atoms with van der Waals surface area (Å²) in [6.45, 7) is 1.85. The molecule has 1 aliphatic rings. The Kier molecular flexibility index (Phi) is 6.66. The molecule has 7 heteroatoms. The molecule has 0 bridgehead atoms.